The van der Waals surface area contributed by atoms with Crippen molar-refractivity contribution in [2.75, 3.05) is 0 Å². The molecule has 0 atom stereocenters. The zero-order chi connectivity index (χ0) is 13.9. The molecule has 19 heavy (non-hydrogen) atoms. The largest absolute Gasteiger partial charge is 0.299 e. The molecule has 1 saturated carbocycles. The van der Waals surface area contributed by atoms with E-state index in [0.29, 0.717) is 18.1 Å². The number of hydrogen-bond acceptors (Lipinski definition) is 1. The minimum Gasteiger partial charge on any atom is -0.299 e. The van der Waals surface area contributed by atoms with Crippen LogP contribution in [0.25, 0.3) is 0 Å². The van der Waals surface area contributed by atoms with Crippen LogP contribution in [0.2, 0.25) is 0 Å². The highest BCUT2D eigenvalue weighted by molar-refractivity contribution is 5.87. The van der Waals surface area contributed by atoms with Crippen molar-refractivity contribution in [3.63, 3.8) is 0 Å². The quantitative estimate of drug-likeness (QED) is 0.761. The van der Waals surface area contributed by atoms with Gasteiger partial charge in [-0.25, -0.2) is 4.39 Å². The summed E-state index contributed by atoms with van der Waals surface area (Å²) in [7, 11) is 0. The summed E-state index contributed by atoms with van der Waals surface area (Å²) in [6.45, 7) is 4.35. The Morgan fingerprint density at radius 1 is 1.32 bits per heavy atom. The highest BCUT2D eigenvalue weighted by atomic mass is 19.1. The van der Waals surface area contributed by atoms with Crippen LogP contribution in [0.1, 0.15) is 51.5 Å². The average molecular weight is 262 g/mol. The number of carbonyl (C=O) groups excluding carboxylic acids is 1. The van der Waals surface area contributed by atoms with Crippen LogP contribution < -0.4 is 0 Å². The van der Waals surface area contributed by atoms with Gasteiger partial charge in [0.15, 0.2) is 0 Å². The first-order valence-electron chi connectivity index (χ1n) is 7.30. The van der Waals surface area contributed by atoms with Crippen molar-refractivity contribution in [1.82, 2.24) is 0 Å². The zero-order valence-corrected chi connectivity index (χ0v) is 11.9. The van der Waals surface area contributed by atoms with Crippen molar-refractivity contribution in [3.8, 4) is 0 Å². The van der Waals surface area contributed by atoms with Gasteiger partial charge < -0.3 is 0 Å². The van der Waals surface area contributed by atoms with E-state index in [1.54, 1.807) is 6.07 Å². The fraction of sp³-hybridized carbons (Fsp3) is 0.588. The summed E-state index contributed by atoms with van der Waals surface area (Å²) < 4.78 is 13.2. The number of benzene rings is 1. The van der Waals surface area contributed by atoms with Gasteiger partial charge in [-0.05, 0) is 42.9 Å². The van der Waals surface area contributed by atoms with Gasteiger partial charge in [0.05, 0.1) is 0 Å². The number of Topliss-reactive ketones (excluding diaryl/α,β-unsaturated/α-hetero) is 1. The number of rotatable bonds is 5. The number of ketones is 1. The van der Waals surface area contributed by atoms with E-state index in [1.165, 1.54) is 12.1 Å². The maximum absolute atomic E-state index is 13.2. The highest BCUT2D eigenvalue weighted by Crippen LogP contribution is 2.44. The van der Waals surface area contributed by atoms with Crippen molar-refractivity contribution in [3.05, 3.63) is 35.6 Å². The molecule has 1 aliphatic carbocycles. The predicted molar refractivity (Wildman–Crippen MR) is 75.5 cm³/mol. The van der Waals surface area contributed by atoms with Crippen molar-refractivity contribution < 1.29 is 9.18 Å². The molecule has 1 fully saturated rings. The molecule has 1 aliphatic rings. The van der Waals surface area contributed by atoms with Crippen molar-refractivity contribution in [1.29, 1.82) is 0 Å². The smallest absolute Gasteiger partial charge is 0.143 e. The lowest BCUT2D eigenvalue weighted by atomic mass is 9.73. The topological polar surface area (TPSA) is 17.1 Å². The third-order valence-electron chi connectivity index (χ3n) is 4.20. The van der Waals surface area contributed by atoms with Gasteiger partial charge in [-0.2, -0.15) is 0 Å². The molecular formula is C17H23FO. The second kappa shape index (κ2) is 5.85. The van der Waals surface area contributed by atoms with Gasteiger partial charge in [-0.15, -0.1) is 0 Å². The molecule has 1 aromatic rings. The van der Waals surface area contributed by atoms with Crippen LogP contribution in [0.15, 0.2) is 24.3 Å². The lowest BCUT2D eigenvalue weighted by Crippen LogP contribution is -2.31. The first kappa shape index (κ1) is 14.2. The van der Waals surface area contributed by atoms with E-state index in [2.05, 4.69) is 13.8 Å². The molecule has 0 bridgehead atoms. The van der Waals surface area contributed by atoms with Gasteiger partial charge in [-0.1, -0.05) is 38.8 Å². The van der Waals surface area contributed by atoms with Crippen molar-refractivity contribution in [2.45, 2.75) is 52.4 Å². The van der Waals surface area contributed by atoms with Crippen LogP contribution in [0, 0.1) is 17.2 Å². The second-order valence-corrected chi connectivity index (χ2v) is 6.32. The zero-order valence-electron chi connectivity index (χ0n) is 11.9. The maximum atomic E-state index is 13.2. The molecule has 1 nitrogen and oxygen atoms in total. The first-order chi connectivity index (χ1) is 9.02. The van der Waals surface area contributed by atoms with Gasteiger partial charge >= 0.3 is 0 Å². The van der Waals surface area contributed by atoms with E-state index < -0.39 is 0 Å². The number of carbonyl (C=O) groups is 1. The molecule has 104 valence electrons. The summed E-state index contributed by atoms with van der Waals surface area (Å²) in [5.74, 6) is 0.591. The number of hydrogen-bond donors (Lipinski definition) is 0. The lowest BCUT2D eigenvalue weighted by Gasteiger charge is -2.29. The number of halogens is 1. The normalized spacial score (nSPS) is 17.9. The minimum absolute atomic E-state index is 0.138. The Kier molecular flexibility index (Phi) is 4.38. The molecule has 2 rings (SSSR count). The monoisotopic (exact) mass is 262 g/mol. The van der Waals surface area contributed by atoms with Crippen molar-refractivity contribution >= 4 is 5.78 Å². The van der Waals surface area contributed by atoms with Crippen LogP contribution in [-0.2, 0) is 11.2 Å². The molecular weight excluding hydrogens is 239 g/mol. The molecule has 1 aromatic carbocycles. The molecule has 0 N–H and O–H groups in total. The Labute approximate surface area is 115 Å². The molecule has 0 spiro atoms. The van der Waals surface area contributed by atoms with E-state index in [9.17, 15) is 9.18 Å². The minimum atomic E-state index is -0.255. The summed E-state index contributed by atoms with van der Waals surface area (Å²) in [5.41, 5.74) is 0.667. The summed E-state index contributed by atoms with van der Waals surface area (Å²) >= 11 is 0. The van der Waals surface area contributed by atoms with E-state index in [0.717, 1.165) is 37.7 Å². The van der Waals surface area contributed by atoms with Gasteiger partial charge in [0.1, 0.15) is 11.6 Å². The van der Waals surface area contributed by atoms with E-state index in [1.807, 2.05) is 6.07 Å². The molecule has 0 amide bonds. The van der Waals surface area contributed by atoms with Crippen LogP contribution in [0.5, 0.6) is 0 Å². The lowest BCUT2D eigenvalue weighted by molar-refractivity contribution is -0.128. The summed E-state index contributed by atoms with van der Waals surface area (Å²) in [5, 5.41) is 0. The Morgan fingerprint density at radius 3 is 2.58 bits per heavy atom. The fourth-order valence-electron chi connectivity index (χ4n) is 3.45. The molecule has 0 heterocycles. The molecule has 0 saturated heterocycles. The molecule has 0 aliphatic heterocycles. The fourth-order valence-corrected chi connectivity index (χ4v) is 3.45. The van der Waals surface area contributed by atoms with Crippen LogP contribution in [0.3, 0.4) is 0 Å². The van der Waals surface area contributed by atoms with Crippen LogP contribution in [0.4, 0.5) is 4.39 Å². The van der Waals surface area contributed by atoms with Crippen LogP contribution >= 0.6 is 0 Å². The molecule has 2 heteroatoms. The highest BCUT2D eigenvalue weighted by Gasteiger charge is 2.40. The van der Waals surface area contributed by atoms with Gasteiger partial charge in [0.2, 0.25) is 0 Å². The molecule has 0 unspecified atom stereocenters. The Balaban J connectivity index is 2.12. The SMILES string of the molecule is CC(C)CC1(C(=O)Cc2cccc(F)c2)CCCC1. The van der Waals surface area contributed by atoms with E-state index in [-0.39, 0.29) is 11.2 Å². The second-order valence-electron chi connectivity index (χ2n) is 6.32. The Morgan fingerprint density at radius 2 is 2.00 bits per heavy atom. The van der Waals surface area contributed by atoms with Gasteiger partial charge in [0.25, 0.3) is 0 Å². The maximum Gasteiger partial charge on any atom is 0.143 e. The average Bonchev–Trinajstić information content (AvgIpc) is 2.78. The third kappa shape index (κ3) is 3.43. The molecule has 0 radical (unpaired) electrons. The first-order valence-corrected chi connectivity index (χ1v) is 7.30. The van der Waals surface area contributed by atoms with Crippen LogP contribution in [-0.4, -0.2) is 5.78 Å². The summed E-state index contributed by atoms with van der Waals surface area (Å²) in [4.78, 5) is 12.7. The Hall–Kier alpha value is -1.18. The predicted octanol–water partition coefficient (Wildman–Crippen LogP) is 4.54. The van der Waals surface area contributed by atoms with E-state index in [4.69, 9.17) is 0 Å². The summed E-state index contributed by atoms with van der Waals surface area (Å²) in [6.07, 6.45) is 5.69. The molecule has 0 aromatic heterocycles. The Bertz CT molecular complexity index is 444. The third-order valence-corrected chi connectivity index (χ3v) is 4.20. The summed E-state index contributed by atoms with van der Waals surface area (Å²) in [6, 6.07) is 6.43. The van der Waals surface area contributed by atoms with Gasteiger partial charge in [0, 0.05) is 11.8 Å². The standard InChI is InChI=1S/C17H23FO/c1-13(2)12-17(8-3-4-9-17)16(19)11-14-6-5-7-15(18)10-14/h5-7,10,13H,3-4,8-9,11-12H2,1-2H3. The van der Waals surface area contributed by atoms with Gasteiger partial charge in [-0.3, -0.25) is 4.79 Å². The van der Waals surface area contributed by atoms with Crippen molar-refractivity contribution in [2.24, 2.45) is 11.3 Å². The van der Waals surface area contributed by atoms with E-state index >= 15 is 0 Å².